The number of hydrazone groups is 1. The van der Waals surface area contributed by atoms with E-state index in [0.717, 1.165) is 24.4 Å². The molecule has 0 unspecified atom stereocenters. The van der Waals surface area contributed by atoms with Crippen LogP contribution in [0.4, 0.5) is 5.69 Å². The summed E-state index contributed by atoms with van der Waals surface area (Å²) in [5.74, 6) is -0.0588. The number of hydrogen-bond donors (Lipinski definition) is 2. The van der Waals surface area contributed by atoms with Crippen LogP contribution in [0.2, 0.25) is 0 Å². The Morgan fingerprint density at radius 1 is 1.11 bits per heavy atom. The van der Waals surface area contributed by atoms with Gasteiger partial charge in [-0.1, -0.05) is 0 Å². The fourth-order valence-electron chi connectivity index (χ4n) is 2.26. The third-order valence-corrected chi connectivity index (χ3v) is 4.80. The molecule has 0 heterocycles. The Kier molecular flexibility index (Phi) is 6.26. The Morgan fingerprint density at radius 2 is 1.79 bits per heavy atom. The number of non-ortho nitro benzene ring substituents is 1. The molecular weight excluding hydrogens is 394 g/mol. The normalized spacial score (nSPS) is 11.2. The first-order valence-electron chi connectivity index (χ1n) is 7.56. The van der Waals surface area contributed by atoms with Crippen molar-refractivity contribution in [2.24, 2.45) is 5.10 Å². The summed E-state index contributed by atoms with van der Waals surface area (Å²) in [6, 6.07) is 5.87. The number of nitro groups is 1. The van der Waals surface area contributed by atoms with Crippen molar-refractivity contribution < 1.29 is 32.7 Å². The molecule has 0 amide bonds. The van der Waals surface area contributed by atoms with Crippen LogP contribution in [-0.2, 0) is 10.0 Å². The minimum absolute atomic E-state index is 0.0452. The molecule has 150 valence electrons. The summed E-state index contributed by atoms with van der Waals surface area (Å²) < 4.78 is 40.5. The zero-order valence-electron chi connectivity index (χ0n) is 15.1. The van der Waals surface area contributed by atoms with Crippen LogP contribution in [0.15, 0.2) is 40.3 Å². The monoisotopic (exact) mass is 411 g/mol. The van der Waals surface area contributed by atoms with Crippen LogP contribution < -0.4 is 19.0 Å². The Balaban J connectivity index is 2.36. The predicted molar refractivity (Wildman–Crippen MR) is 98.8 cm³/mol. The van der Waals surface area contributed by atoms with Crippen molar-refractivity contribution in [1.82, 2.24) is 4.83 Å². The molecule has 0 saturated carbocycles. The number of hydrogen-bond acceptors (Lipinski definition) is 9. The largest absolute Gasteiger partial charge is 0.507 e. The molecular formula is C16H17N3O8S. The van der Waals surface area contributed by atoms with Gasteiger partial charge in [0.2, 0.25) is 5.75 Å². The Morgan fingerprint density at radius 3 is 2.36 bits per heavy atom. The number of phenols is 1. The van der Waals surface area contributed by atoms with E-state index in [-0.39, 0.29) is 39.1 Å². The molecule has 2 N–H and O–H groups in total. The van der Waals surface area contributed by atoms with Crippen LogP contribution in [0, 0.1) is 10.1 Å². The lowest BCUT2D eigenvalue weighted by atomic mass is 10.2. The maximum atomic E-state index is 12.6. The van der Waals surface area contributed by atoms with Gasteiger partial charge in [-0.15, -0.1) is 0 Å². The minimum Gasteiger partial charge on any atom is -0.507 e. The topological polar surface area (TPSA) is 150 Å². The molecule has 0 aliphatic carbocycles. The average Bonchev–Trinajstić information content (AvgIpc) is 2.67. The van der Waals surface area contributed by atoms with Gasteiger partial charge in [0, 0.05) is 17.7 Å². The summed E-state index contributed by atoms with van der Waals surface area (Å²) in [5, 5.41) is 24.1. The van der Waals surface area contributed by atoms with E-state index in [1.807, 2.05) is 4.83 Å². The number of nitro benzene ring substituents is 1. The highest BCUT2D eigenvalue weighted by atomic mass is 32.2. The molecule has 0 radical (unpaired) electrons. The van der Waals surface area contributed by atoms with E-state index in [1.54, 1.807) is 0 Å². The smallest absolute Gasteiger partial charge is 0.280 e. The summed E-state index contributed by atoms with van der Waals surface area (Å²) in [5.41, 5.74) is -0.333. The molecule has 12 heteroatoms. The van der Waals surface area contributed by atoms with E-state index in [4.69, 9.17) is 14.2 Å². The van der Waals surface area contributed by atoms with Gasteiger partial charge in [-0.25, -0.2) is 0 Å². The number of phenolic OH excluding ortho intramolecular Hbond substituents is 1. The predicted octanol–water partition coefficient (Wildman–Crippen LogP) is 1.64. The molecule has 0 spiro atoms. The lowest BCUT2D eigenvalue weighted by Crippen LogP contribution is -2.19. The maximum Gasteiger partial charge on any atom is 0.280 e. The van der Waals surface area contributed by atoms with Crippen molar-refractivity contribution in [3.8, 4) is 23.0 Å². The Labute approximate surface area is 160 Å². The lowest BCUT2D eigenvalue weighted by Gasteiger charge is -2.15. The molecule has 2 rings (SSSR count). The fraction of sp³-hybridized carbons (Fsp3) is 0.188. The minimum atomic E-state index is -4.19. The standard InChI is InChI=1S/C16H17N3O8S/c1-25-13-6-7-14(16(27-3)15(13)26-2)28(23,24)18-17-9-10-8-11(19(21)22)4-5-12(10)20/h4-9,18,20H,1-3H3/b17-9-. The molecule has 0 aliphatic heterocycles. The van der Waals surface area contributed by atoms with Gasteiger partial charge in [-0.3, -0.25) is 10.1 Å². The van der Waals surface area contributed by atoms with Gasteiger partial charge in [-0.2, -0.15) is 18.4 Å². The van der Waals surface area contributed by atoms with E-state index in [2.05, 4.69) is 5.10 Å². The number of ether oxygens (including phenoxy) is 3. The summed E-state index contributed by atoms with van der Waals surface area (Å²) in [6.07, 6.45) is 0.938. The number of sulfonamides is 1. The quantitative estimate of drug-likeness (QED) is 0.378. The molecule has 0 aliphatic rings. The van der Waals surface area contributed by atoms with Crippen LogP contribution in [0.1, 0.15) is 5.56 Å². The van der Waals surface area contributed by atoms with Gasteiger partial charge in [0.15, 0.2) is 11.5 Å². The molecule has 11 nitrogen and oxygen atoms in total. The number of nitrogens with zero attached hydrogens (tertiary/aromatic N) is 2. The van der Waals surface area contributed by atoms with Gasteiger partial charge in [0.1, 0.15) is 10.6 Å². The van der Waals surface area contributed by atoms with Crippen LogP contribution in [0.5, 0.6) is 23.0 Å². The molecule has 0 saturated heterocycles. The van der Waals surface area contributed by atoms with Gasteiger partial charge in [0.25, 0.3) is 15.7 Å². The zero-order chi connectivity index (χ0) is 20.9. The fourth-order valence-corrected chi connectivity index (χ4v) is 3.22. The van der Waals surface area contributed by atoms with E-state index < -0.39 is 14.9 Å². The third-order valence-electron chi connectivity index (χ3n) is 3.56. The second-order valence-corrected chi connectivity index (χ2v) is 6.81. The molecule has 0 atom stereocenters. The van der Waals surface area contributed by atoms with Crippen molar-refractivity contribution in [2.45, 2.75) is 4.90 Å². The zero-order valence-corrected chi connectivity index (χ0v) is 15.9. The van der Waals surface area contributed by atoms with Crippen molar-refractivity contribution >= 4 is 21.9 Å². The van der Waals surface area contributed by atoms with E-state index >= 15 is 0 Å². The highest BCUT2D eigenvalue weighted by Gasteiger charge is 2.25. The van der Waals surface area contributed by atoms with Crippen molar-refractivity contribution in [1.29, 1.82) is 0 Å². The second-order valence-electron chi connectivity index (χ2n) is 5.19. The molecule has 2 aromatic rings. The van der Waals surface area contributed by atoms with E-state index in [0.29, 0.717) is 0 Å². The summed E-state index contributed by atoms with van der Waals surface area (Å²) >= 11 is 0. The first-order chi connectivity index (χ1) is 13.2. The molecule has 0 bridgehead atoms. The molecule has 28 heavy (non-hydrogen) atoms. The van der Waals surface area contributed by atoms with Crippen LogP contribution in [-0.4, -0.2) is 46.0 Å². The number of aromatic hydroxyl groups is 1. The van der Waals surface area contributed by atoms with Crippen LogP contribution in [0.25, 0.3) is 0 Å². The maximum absolute atomic E-state index is 12.6. The van der Waals surface area contributed by atoms with Gasteiger partial charge < -0.3 is 19.3 Å². The van der Waals surface area contributed by atoms with Crippen molar-refractivity contribution in [2.75, 3.05) is 21.3 Å². The molecule has 0 aromatic heterocycles. The molecule has 0 fully saturated rings. The number of rotatable bonds is 8. The van der Waals surface area contributed by atoms with Crippen molar-refractivity contribution in [3.05, 3.63) is 46.0 Å². The second kappa shape index (κ2) is 8.43. The number of nitrogens with one attached hydrogen (secondary N) is 1. The number of methoxy groups -OCH3 is 3. The highest BCUT2D eigenvalue weighted by molar-refractivity contribution is 7.89. The Bertz CT molecular complexity index is 1020. The van der Waals surface area contributed by atoms with Crippen molar-refractivity contribution in [3.63, 3.8) is 0 Å². The Hall–Kier alpha value is -3.54. The van der Waals surface area contributed by atoms with E-state index in [9.17, 15) is 23.6 Å². The van der Waals surface area contributed by atoms with E-state index in [1.165, 1.54) is 33.5 Å². The summed E-state index contributed by atoms with van der Waals surface area (Å²) in [6.45, 7) is 0. The van der Waals surface area contributed by atoms with Gasteiger partial charge in [0.05, 0.1) is 32.5 Å². The highest BCUT2D eigenvalue weighted by Crippen LogP contribution is 2.41. The average molecular weight is 411 g/mol. The van der Waals surface area contributed by atoms with Crippen LogP contribution >= 0.6 is 0 Å². The first-order valence-corrected chi connectivity index (χ1v) is 9.04. The number of benzene rings is 2. The first kappa shape index (κ1) is 20.8. The summed E-state index contributed by atoms with van der Waals surface area (Å²) in [4.78, 5) is 11.8. The lowest BCUT2D eigenvalue weighted by molar-refractivity contribution is -0.384. The summed E-state index contributed by atoms with van der Waals surface area (Å²) in [7, 11) is -0.214. The van der Waals surface area contributed by atoms with Gasteiger partial charge >= 0.3 is 0 Å². The molecule has 2 aromatic carbocycles. The third kappa shape index (κ3) is 4.23. The van der Waals surface area contributed by atoms with Crippen LogP contribution in [0.3, 0.4) is 0 Å². The van der Waals surface area contributed by atoms with Gasteiger partial charge in [-0.05, 0) is 18.2 Å². The SMILES string of the molecule is COc1ccc(S(=O)(=O)N/N=C\c2cc([N+](=O)[O-])ccc2O)c(OC)c1OC.